The van der Waals surface area contributed by atoms with E-state index >= 15 is 0 Å². The zero-order valence-electron chi connectivity index (χ0n) is 10.3. The molecule has 4 nitrogen and oxygen atoms in total. The van der Waals surface area contributed by atoms with Crippen LogP contribution in [0.5, 0.6) is 0 Å². The molecule has 0 saturated carbocycles. The largest absolute Gasteiger partial charge is 0.396 e. The van der Waals surface area contributed by atoms with E-state index in [1.807, 2.05) is 11.8 Å². The van der Waals surface area contributed by atoms with E-state index in [1.165, 1.54) is 6.07 Å². The number of halogens is 2. The Labute approximate surface area is 122 Å². The van der Waals surface area contributed by atoms with Crippen LogP contribution >= 0.6 is 23.5 Å². The van der Waals surface area contributed by atoms with Crippen LogP contribution in [0.3, 0.4) is 0 Å². The standard InChI is InChI=1S/C12H11F2N3OS2/c13-7-4-8(14)9(15)3-6(7)12-16-11(17-18-12)10-5-19-1-2-20-10/h3-4,10H,1-2,5,15H2. The fourth-order valence-electron chi connectivity index (χ4n) is 1.84. The predicted octanol–water partition coefficient (Wildman–Crippen LogP) is 3.12. The summed E-state index contributed by atoms with van der Waals surface area (Å²) in [5.41, 5.74) is 5.31. The van der Waals surface area contributed by atoms with Gasteiger partial charge in [0.05, 0.1) is 16.5 Å². The molecule has 8 heteroatoms. The Kier molecular flexibility index (Phi) is 3.84. The van der Waals surface area contributed by atoms with Gasteiger partial charge in [0.1, 0.15) is 11.6 Å². The van der Waals surface area contributed by atoms with Gasteiger partial charge >= 0.3 is 0 Å². The van der Waals surface area contributed by atoms with Gasteiger partial charge in [0, 0.05) is 23.3 Å². The van der Waals surface area contributed by atoms with Crippen LogP contribution in [0, 0.1) is 11.6 Å². The molecule has 2 aromatic rings. The normalized spacial score (nSPS) is 19.2. The van der Waals surface area contributed by atoms with Crippen molar-refractivity contribution in [3.8, 4) is 11.5 Å². The van der Waals surface area contributed by atoms with Gasteiger partial charge in [-0.3, -0.25) is 0 Å². The van der Waals surface area contributed by atoms with Crippen molar-refractivity contribution in [2.75, 3.05) is 23.0 Å². The maximum Gasteiger partial charge on any atom is 0.261 e. The molecule has 0 bridgehead atoms. The summed E-state index contributed by atoms with van der Waals surface area (Å²) in [6, 6.07) is 1.89. The Morgan fingerprint density at radius 3 is 2.85 bits per heavy atom. The third-order valence-electron chi connectivity index (χ3n) is 2.86. The number of hydrogen-bond acceptors (Lipinski definition) is 6. The van der Waals surface area contributed by atoms with Gasteiger partial charge in [-0.2, -0.15) is 16.7 Å². The number of nitrogens with two attached hydrogens (primary N) is 1. The molecule has 20 heavy (non-hydrogen) atoms. The monoisotopic (exact) mass is 315 g/mol. The van der Waals surface area contributed by atoms with Crippen LogP contribution in [0.4, 0.5) is 14.5 Å². The molecule has 1 aliphatic rings. The highest BCUT2D eigenvalue weighted by molar-refractivity contribution is 8.06. The number of thioether (sulfide) groups is 2. The molecule has 3 rings (SSSR count). The van der Waals surface area contributed by atoms with Crippen molar-refractivity contribution in [2.24, 2.45) is 0 Å². The van der Waals surface area contributed by atoms with E-state index in [2.05, 4.69) is 10.1 Å². The molecule has 0 aliphatic carbocycles. The van der Waals surface area contributed by atoms with Gasteiger partial charge < -0.3 is 10.3 Å². The van der Waals surface area contributed by atoms with E-state index in [0.29, 0.717) is 5.82 Å². The van der Waals surface area contributed by atoms with Gasteiger partial charge in [-0.15, -0.1) is 11.8 Å². The lowest BCUT2D eigenvalue weighted by Crippen LogP contribution is -2.07. The van der Waals surface area contributed by atoms with Crippen LogP contribution in [-0.4, -0.2) is 27.4 Å². The van der Waals surface area contributed by atoms with Gasteiger partial charge in [0.25, 0.3) is 5.89 Å². The van der Waals surface area contributed by atoms with Crippen molar-refractivity contribution in [3.63, 3.8) is 0 Å². The van der Waals surface area contributed by atoms with Crippen molar-refractivity contribution in [1.82, 2.24) is 10.1 Å². The van der Waals surface area contributed by atoms with E-state index in [0.717, 1.165) is 23.3 Å². The van der Waals surface area contributed by atoms with Crippen LogP contribution in [0.2, 0.25) is 0 Å². The summed E-state index contributed by atoms with van der Waals surface area (Å²) in [6.45, 7) is 0. The van der Waals surface area contributed by atoms with Gasteiger partial charge in [-0.25, -0.2) is 8.78 Å². The average Bonchev–Trinajstić information content (AvgIpc) is 2.93. The Morgan fingerprint density at radius 1 is 1.25 bits per heavy atom. The Balaban J connectivity index is 1.91. The minimum absolute atomic E-state index is 0.0242. The summed E-state index contributed by atoms with van der Waals surface area (Å²) < 4.78 is 31.9. The first kappa shape index (κ1) is 13.7. The number of rotatable bonds is 2. The molecule has 1 fully saturated rings. The summed E-state index contributed by atoms with van der Waals surface area (Å²) in [5, 5.41) is 4.03. The Bertz CT molecular complexity index is 629. The molecule has 1 saturated heterocycles. The SMILES string of the molecule is Nc1cc(-c2nc(C3CSCCS3)no2)c(F)cc1F. The molecule has 1 aliphatic heterocycles. The molecular weight excluding hydrogens is 304 g/mol. The van der Waals surface area contributed by atoms with Gasteiger partial charge in [-0.1, -0.05) is 5.16 Å². The lowest BCUT2D eigenvalue weighted by Gasteiger charge is -2.16. The van der Waals surface area contributed by atoms with Gasteiger partial charge in [0.2, 0.25) is 0 Å². The first-order valence-electron chi connectivity index (χ1n) is 5.93. The highest BCUT2D eigenvalue weighted by atomic mass is 32.2. The van der Waals surface area contributed by atoms with Gasteiger partial charge in [0.15, 0.2) is 5.82 Å². The number of aromatic nitrogens is 2. The number of nitrogens with zero attached hydrogens (tertiary/aromatic N) is 2. The minimum Gasteiger partial charge on any atom is -0.396 e. The molecule has 1 unspecified atom stereocenters. The molecular formula is C12H11F2N3OS2. The van der Waals surface area contributed by atoms with Crippen LogP contribution in [-0.2, 0) is 0 Å². The summed E-state index contributed by atoms with van der Waals surface area (Å²) in [7, 11) is 0. The third kappa shape index (κ3) is 2.62. The number of nitrogen functional groups attached to an aromatic ring is 1. The maximum absolute atomic E-state index is 13.7. The molecule has 2 heterocycles. The summed E-state index contributed by atoms with van der Waals surface area (Å²) >= 11 is 3.57. The second kappa shape index (κ2) is 5.61. The predicted molar refractivity (Wildman–Crippen MR) is 76.6 cm³/mol. The lowest BCUT2D eigenvalue weighted by molar-refractivity contribution is 0.420. The van der Waals surface area contributed by atoms with Crippen molar-refractivity contribution < 1.29 is 13.3 Å². The lowest BCUT2D eigenvalue weighted by atomic mass is 10.2. The van der Waals surface area contributed by atoms with E-state index < -0.39 is 11.6 Å². The highest BCUT2D eigenvalue weighted by Crippen LogP contribution is 2.36. The van der Waals surface area contributed by atoms with Crippen molar-refractivity contribution in [1.29, 1.82) is 0 Å². The second-order valence-corrected chi connectivity index (χ2v) is 6.71. The minimum atomic E-state index is -0.801. The zero-order valence-corrected chi connectivity index (χ0v) is 11.9. The first-order chi connectivity index (χ1) is 9.65. The summed E-state index contributed by atoms with van der Waals surface area (Å²) in [6.07, 6.45) is 0. The maximum atomic E-state index is 13.7. The Morgan fingerprint density at radius 2 is 2.10 bits per heavy atom. The molecule has 1 aromatic carbocycles. The van der Waals surface area contributed by atoms with Crippen molar-refractivity contribution in [3.05, 3.63) is 29.6 Å². The molecule has 0 spiro atoms. The third-order valence-corrected chi connectivity index (χ3v) is 5.61. The van der Waals surface area contributed by atoms with E-state index in [1.54, 1.807) is 11.8 Å². The van der Waals surface area contributed by atoms with Crippen LogP contribution < -0.4 is 5.73 Å². The first-order valence-corrected chi connectivity index (χ1v) is 8.13. The molecule has 0 radical (unpaired) electrons. The average molecular weight is 315 g/mol. The van der Waals surface area contributed by atoms with E-state index in [4.69, 9.17) is 10.3 Å². The topological polar surface area (TPSA) is 64.9 Å². The summed E-state index contributed by atoms with van der Waals surface area (Å²) in [5.74, 6) is 2.03. The summed E-state index contributed by atoms with van der Waals surface area (Å²) in [4.78, 5) is 4.21. The molecule has 106 valence electrons. The van der Waals surface area contributed by atoms with Crippen LogP contribution in [0.15, 0.2) is 16.7 Å². The number of hydrogen-bond donors (Lipinski definition) is 1. The van der Waals surface area contributed by atoms with E-state index in [9.17, 15) is 8.78 Å². The molecule has 2 N–H and O–H groups in total. The molecule has 1 atom stereocenters. The van der Waals surface area contributed by atoms with Gasteiger partial charge in [-0.05, 0) is 6.07 Å². The number of anilines is 1. The number of benzene rings is 1. The van der Waals surface area contributed by atoms with E-state index in [-0.39, 0.29) is 22.4 Å². The fourth-order valence-corrected chi connectivity index (χ4v) is 4.43. The smallest absolute Gasteiger partial charge is 0.261 e. The van der Waals surface area contributed by atoms with Crippen LogP contribution in [0.25, 0.3) is 11.5 Å². The zero-order chi connectivity index (χ0) is 14.1. The Hall–Kier alpha value is -1.28. The van der Waals surface area contributed by atoms with Crippen LogP contribution in [0.1, 0.15) is 11.1 Å². The second-order valence-electron chi connectivity index (χ2n) is 4.25. The molecule has 0 amide bonds. The highest BCUT2D eigenvalue weighted by Gasteiger charge is 2.23. The van der Waals surface area contributed by atoms with Crippen molar-refractivity contribution in [2.45, 2.75) is 5.25 Å². The van der Waals surface area contributed by atoms with Crippen molar-refractivity contribution >= 4 is 29.2 Å². The molecule has 1 aromatic heterocycles. The quantitative estimate of drug-likeness (QED) is 0.859. The fraction of sp³-hybridized carbons (Fsp3) is 0.333.